The van der Waals surface area contributed by atoms with Gasteiger partial charge in [0.05, 0.1) is 35.8 Å². The highest BCUT2D eigenvalue weighted by atomic mass is 35.5. The number of hydrogen-bond donors (Lipinski definition) is 0. The number of hydrogen-bond acceptors (Lipinski definition) is 6. The zero-order valence-corrected chi connectivity index (χ0v) is 20.6. The number of fused-ring (bicyclic) bond motifs is 1. The van der Waals surface area contributed by atoms with Crippen LogP contribution in [-0.4, -0.2) is 51.0 Å². The van der Waals surface area contributed by atoms with Gasteiger partial charge in [-0.2, -0.15) is 0 Å². The minimum Gasteiger partial charge on any atom is -0.493 e. The molecular formula is C22H21Cl2NO5S2. The monoisotopic (exact) mass is 513 g/mol. The molecule has 3 aromatic rings. The quantitative estimate of drug-likeness (QED) is 0.460. The van der Waals surface area contributed by atoms with Crippen molar-refractivity contribution in [3.05, 3.63) is 56.9 Å². The van der Waals surface area contributed by atoms with Gasteiger partial charge in [0, 0.05) is 22.7 Å². The molecule has 6 nitrogen and oxygen atoms in total. The number of carbonyl (C=O) groups excluding carboxylic acids is 1. The van der Waals surface area contributed by atoms with Gasteiger partial charge >= 0.3 is 0 Å². The minimum absolute atomic E-state index is 0.0549. The Balaban J connectivity index is 1.74. The molecule has 0 saturated carbocycles. The molecule has 4 rings (SSSR count). The zero-order chi connectivity index (χ0) is 23.0. The van der Waals surface area contributed by atoms with E-state index in [1.807, 2.05) is 12.1 Å². The predicted octanol–water partition coefficient (Wildman–Crippen LogP) is 5.05. The van der Waals surface area contributed by atoms with Gasteiger partial charge < -0.3 is 14.4 Å². The minimum atomic E-state index is -3.20. The molecule has 32 heavy (non-hydrogen) atoms. The molecule has 10 heteroatoms. The van der Waals surface area contributed by atoms with E-state index in [0.717, 1.165) is 10.3 Å². The fraction of sp³-hybridized carbons (Fsp3) is 0.318. The zero-order valence-electron chi connectivity index (χ0n) is 17.4. The van der Waals surface area contributed by atoms with Crippen molar-refractivity contribution >= 4 is 60.4 Å². The lowest BCUT2D eigenvalue weighted by molar-refractivity contribution is 0.0686. The van der Waals surface area contributed by atoms with E-state index >= 15 is 0 Å². The topological polar surface area (TPSA) is 72.9 Å². The van der Waals surface area contributed by atoms with E-state index in [2.05, 4.69) is 0 Å². The summed E-state index contributed by atoms with van der Waals surface area (Å²) >= 11 is 14.1. The average molecular weight is 514 g/mol. The number of rotatable bonds is 6. The highest BCUT2D eigenvalue weighted by molar-refractivity contribution is 7.91. The first-order valence-corrected chi connectivity index (χ1v) is 13.2. The summed E-state index contributed by atoms with van der Waals surface area (Å²) in [4.78, 5) is 15.6. The van der Waals surface area contributed by atoms with Crippen LogP contribution in [0.15, 0.2) is 36.4 Å². The van der Waals surface area contributed by atoms with E-state index in [1.54, 1.807) is 36.3 Å². The van der Waals surface area contributed by atoms with Crippen LogP contribution >= 0.6 is 34.5 Å². The van der Waals surface area contributed by atoms with E-state index in [1.165, 1.54) is 18.4 Å². The summed E-state index contributed by atoms with van der Waals surface area (Å²) < 4.78 is 35.8. The van der Waals surface area contributed by atoms with Crippen LogP contribution in [0, 0.1) is 0 Å². The van der Waals surface area contributed by atoms with Crippen molar-refractivity contribution in [1.29, 1.82) is 0 Å². The molecule has 170 valence electrons. The van der Waals surface area contributed by atoms with Crippen LogP contribution in [0.5, 0.6) is 11.5 Å². The summed E-state index contributed by atoms with van der Waals surface area (Å²) in [6.45, 7) is 0.206. The summed E-state index contributed by atoms with van der Waals surface area (Å²) in [6, 6.07) is 10.3. The number of ether oxygens (including phenoxy) is 2. The number of benzene rings is 2. The largest absolute Gasteiger partial charge is 0.493 e. The lowest BCUT2D eigenvalue weighted by Crippen LogP contribution is -2.40. The van der Waals surface area contributed by atoms with E-state index in [9.17, 15) is 13.2 Å². The molecule has 2 aromatic carbocycles. The number of amides is 1. The van der Waals surface area contributed by atoms with E-state index in [-0.39, 0.29) is 24.0 Å². The first-order chi connectivity index (χ1) is 15.2. The maximum Gasteiger partial charge on any atom is 0.266 e. The van der Waals surface area contributed by atoms with E-state index in [4.69, 9.17) is 32.7 Å². The maximum atomic E-state index is 13.7. The molecule has 1 fully saturated rings. The van der Waals surface area contributed by atoms with Crippen LogP contribution < -0.4 is 9.47 Å². The molecular weight excluding hydrogens is 493 g/mol. The van der Waals surface area contributed by atoms with Gasteiger partial charge in [-0.25, -0.2) is 8.42 Å². The molecule has 1 aliphatic heterocycles. The summed E-state index contributed by atoms with van der Waals surface area (Å²) in [6.07, 6.45) is 0.380. The fourth-order valence-corrected chi connectivity index (χ4v) is 7.54. The highest BCUT2D eigenvalue weighted by Crippen LogP contribution is 2.40. The molecule has 1 amide bonds. The van der Waals surface area contributed by atoms with Crippen molar-refractivity contribution < 1.29 is 22.7 Å². The lowest BCUT2D eigenvalue weighted by Gasteiger charge is -2.28. The number of thiophene rings is 1. The Morgan fingerprint density at radius 1 is 1.16 bits per heavy atom. The molecule has 2 heterocycles. The number of nitrogens with zero attached hydrogens (tertiary/aromatic N) is 1. The van der Waals surface area contributed by atoms with Gasteiger partial charge in [-0.05, 0) is 36.2 Å². The molecule has 1 aliphatic rings. The average Bonchev–Trinajstić information content (AvgIpc) is 3.31. The Kier molecular flexibility index (Phi) is 6.58. The normalized spacial score (nSPS) is 17.4. The van der Waals surface area contributed by atoms with Crippen LogP contribution in [0.3, 0.4) is 0 Å². The van der Waals surface area contributed by atoms with E-state index < -0.39 is 15.9 Å². The van der Waals surface area contributed by atoms with E-state index in [0.29, 0.717) is 38.2 Å². The molecule has 0 N–H and O–H groups in total. The van der Waals surface area contributed by atoms with Gasteiger partial charge in [-0.1, -0.05) is 35.3 Å². The SMILES string of the molecule is COc1ccc(CN(C(=O)c2sc3cccc(Cl)c3c2Cl)C2CCS(=O)(=O)C2)cc1OC. The van der Waals surface area contributed by atoms with Crippen molar-refractivity contribution in [2.24, 2.45) is 0 Å². The van der Waals surface area contributed by atoms with Crippen LogP contribution in [-0.2, 0) is 16.4 Å². The Morgan fingerprint density at radius 3 is 2.53 bits per heavy atom. The van der Waals surface area contributed by atoms with Crippen molar-refractivity contribution in [3.8, 4) is 11.5 Å². The van der Waals surface area contributed by atoms with Gasteiger partial charge in [0.15, 0.2) is 21.3 Å². The van der Waals surface area contributed by atoms with Gasteiger partial charge in [-0.3, -0.25) is 4.79 Å². The summed E-state index contributed by atoms with van der Waals surface area (Å²) in [7, 11) is -0.119. The molecule has 1 saturated heterocycles. The Bertz CT molecular complexity index is 1290. The molecule has 0 spiro atoms. The smallest absolute Gasteiger partial charge is 0.266 e. The van der Waals surface area contributed by atoms with Crippen molar-refractivity contribution in [1.82, 2.24) is 4.90 Å². The van der Waals surface area contributed by atoms with Crippen molar-refractivity contribution in [2.45, 2.75) is 19.0 Å². The Morgan fingerprint density at radius 2 is 1.91 bits per heavy atom. The maximum absolute atomic E-state index is 13.7. The van der Waals surface area contributed by atoms with Crippen molar-refractivity contribution in [2.75, 3.05) is 25.7 Å². The second kappa shape index (κ2) is 9.09. The summed E-state index contributed by atoms with van der Waals surface area (Å²) in [5.74, 6) is 0.765. The second-order valence-electron chi connectivity index (χ2n) is 7.54. The van der Waals surface area contributed by atoms with Gasteiger partial charge in [0.25, 0.3) is 5.91 Å². The third-order valence-corrected chi connectivity index (χ3v) is 9.21. The van der Waals surface area contributed by atoms with Crippen LogP contribution in [0.1, 0.15) is 21.7 Å². The second-order valence-corrected chi connectivity index (χ2v) is 11.6. The third kappa shape index (κ3) is 4.41. The van der Waals surface area contributed by atoms with Crippen molar-refractivity contribution in [3.63, 3.8) is 0 Å². The van der Waals surface area contributed by atoms with Gasteiger partial charge in [-0.15, -0.1) is 11.3 Å². The highest BCUT2D eigenvalue weighted by Gasteiger charge is 2.36. The lowest BCUT2D eigenvalue weighted by atomic mass is 10.1. The molecule has 0 bridgehead atoms. The fourth-order valence-electron chi connectivity index (χ4n) is 3.90. The number of sulfone groups is 1. The molecule has 0 aliphatic carbocycles. The standard InChI is InChI=1S/C22H21Cl2NO5S2/c1-29-16-7-6-13(10-17(16)30-2)11-25(14-8-9-32(27,28)12-14)22(26)21-20(24)19-15(23)4-3-5-18(19)31-21/h3-7,10,14H,8-9,11-12H2,1-2H3. The Hall–Kier alpha value is -2.00. The predicted molar refractivity (Wildman–Crippen MR) is 128 cm³/mol. The number of halogens is 2. The van der Waals surface area contributed by atoms with Gasteiger partial charge in [0.2, 0.25) is 0 Å². The molecule has 1 aromatic heterocycles. The summed E-state index contributed by atoms with van der Waals surface area (Å²) in [5.41, 5.74) is 0.788. The molecule has 0 radical (unpaired) electrons. The molecule has 1 atom stereocenters. The van der Waals surface area contributed by atoms with Gasteiger partial charge in [0.1, 0.15) is 4.88 Å². The van der Waals surface area contributed by atoms with Crippen LogP contribution in [0.4, 0.5) is 0 Å². The number of methoxy groups -OCH3 is 2. The molecule has 1 unspecified atom stereocenters. The van der Waals surface area contributed by atoms with Crippen LogP contribution in [0.2, 0.25) is 10.0 Å². The summed E-state index contributed by atoms with van der Waals surface area (Å²) in [5, 5.41) is 1.39. The van der Waals surface area contributed by atoms with Crippen LogP contribution in [0.25, 0.3) is 10.1 Å². The first kappa shape index (κ1) is 23.2. The first-order valence-electron chi connectivity index (χ1n) is 9.83. The Labute approximate surface area is 200 Å². The number of carbonyl (C=O) groups is 1. The third-order valence-electron chi connectivity index (χ3n) is 5.51.